The molecule has 3 aliphatic rings. The van der Waals surface area contributed by atoms with Crippen molar-refractivity contribution in [2.24, 2.45) is 5.41 Å². The molecule has 1 unspecified atom stereocenters. The number of ether oxygens (including phenoxy) is 1. The minimum absolute atomic E-state index is 0.106. The molecule has 1 atom stereocenters. The molecular formula is C34H47N5O4. The molecule has 9 nitrogen and oxygen atoms in total. The lowest BCUT2D eigenvalue weighted by atomic mass is 9.73. The van der Waals surface area contributed by atoms with E-state index in [1.807, 2.05) is 34.9 Å². The number of hydrogen-bond donors (Lipinski definition) is 1. The summed E-state index contributed by atoms with van der Waals surface area (Å²) in [5, 5.41) is 3.18. The third-order valence-corrected chi connectivity index (χ3v) is 9.53. The van der Waals surface area contributed by atoms with E-state index in [1.54, 1.807) is 6.92 Å². The first kappa shape index (κ1) is 31.0. The topological polar surface area (TPSA) is 105 Å². The molecule has 5 rings (SSSR count). The van der Waals surface area contributed by atoms with Crippen LogP contribution in [0.5, 0.6) is 5.75 Å². The SMILES string of the molecule is CC(=O)N1CCCC(c2cc(CCC(=O)N3CCC4(CCCCc5ccccc5OCCCNC4=O)CC3)nc(C)n2)C1. The number of likely N-dealkylation sites (tertiary alicyclic amines) is 2. The van der Waals surface area contributed by atoms with Crippen LogP contribution in [-0.2, 0) is 27.2 Å². The van der Waals surface area contributed by atoms with Crippen LogP contribution < -0.4 is 10.1 Å². The van der Waals surface area contributed by atoms with E-state index in [0.717, 1.165) is 68.6 Å². The number of carbonyl (C=O) groups excluding carboxylic acids is 3. The molecule has 1 spiro atoms. The van der Waals surface area contributed by atoms with E-state index in [0.29, 0.717) is 64.3 Å². The van der Waals surface area contributed by atoms with Crippen LogP contribution in [-0.4, -0.2) is 76.8 Å². The average molecular weight is 590 g/mol. The Hall–Kier alpha value is -3.49. The maximum absolute atomic E-state index is 13.5. The van der Waals surface area contributed by atoms with Gasteiger partial charge in [0.05, 0.1) is 12.0 Å². The van der Waals surface area contributed by atoms with Crippen molar-refractivity contribution in [3.8, 4) is 5.75 Å². The predicted molar refractivity (Wildman–Crippen MR) is 165 cm³/mol. The van der Waals surface area contributed by atoms with Crippen LogP contribution in [0.3, 0.4) is 0 Å². The summed E-state index contributed by atoms with van der Waals surface area (Å²) in [5.41, 5.74) is 2.67. The first-order valence-corrected chi connectivity index (χ1v) is 16.2. The number of rotatable bonds is 4. The summed E-state index contributed by atoms with van der Waals surface area (Å²) in [6, 6.07) is 10.3. The fourth-order valence-corrected chi connectivity index (χ4v) is 6.94. The van der Waals surface area contributed by atoms with E-state index in [4.69, 9.17) is 4.74 Å². The van der Waals surface area contributed by atoms with Crippen molar-refractivity contribution in [2.45, 2.75) is 90.4 Å². The van der Waals surface area contributed by atoms with E-state index in [2.05, 4.69) is 27.4 Å². The van der Waals surface area contributed by atoms with Crippen LogP contribution in [0.15, 0.2) is 30.3 Å². The lowest BCUT2D eigenvalue weighted by molar-refractivity contribution is -0.141. The average Bonchev–Trinajstić information content (AvgIpc) is 3.03. The van der Waals surface area contributed by atoms with Crippen molar-refractivity contribution in [3.63, 3.8) is 0 Å². The van der Waals surface area contributed by atoms with Crippen LogP contribution >= 0.6 is 0 Å². The molecule has 0 bridgehead atoms. The second kappa shape index (κ2) is 14.3. The van der Waals surface area contributed by atoms with Gasteiger partial charge in [0, 0.05) is 63.4 Å². The third kappa shape index (κ3) is 7.92. The molecule has 1 N–H and O–H groups in total. The zero-order chi connectivity index (χ0) is 30.2. The summed E-state index contributed by atoms with van der Waals surface area (Å²) in [5.74, 6) is 2.22. The number of amides is 3. The number of piperidine rings is 2. The molecule has 2 saturated heterocycles. The third-order valence-electron chi connectivity index (χ3n) is 9.53. The molecule has 2 fully saturated rings. The minimum atomic E-state index is -0.419. The largest absolute Gasteiger partial charge is 0.493 e. The molecule has 43 heavy (non-hydrogen) atoms. The van der Waals surface area contributed by atoms with Crippen molar-refractivity contribution in [3.05, 3.63) is 53.1 Å². The van der Waals surface area contributed by atoms with Gasteiger partial charge in [-0.15, -0.1) is 0 Å². The van der Waals surface area contributed by atoms with Crippen molar-refractivity contribution >= 4 is 17.7 Å². The first-order chi connectivity index (χ1) is 20.8. The van der Waals surface area contributed by atoms with E-state index < -0.39 is 5.41 Å². The van der Waals surface area contributed by atoms with Crippen LogP contribution in [0.25, 0.3) is 0 Å². The van der Waals surface area contributed by atoms with Gasteiger partial charge in [-0.05, 0) is 82.4 Å². The van der Waals surface area contributed by atoms with Gasteiger partial charge in [-0.3, -0.25) is 14.4 Å². The number of fused-ring (bicyclic) bond motifs is 1. The van der Waals surface area contributed by atoms with Gasteiger partial charge in [0.15, 0.2) is 0 Å². The monoisotopic (exact) mass is 589 g/mol. The van der Waals surface area contributed by atoms with Gasteiger partial charge in [0.25, 0.3) is 0 Å². The number of benzene rings is 1. The molecule has 3 amide bonds. The molecule has 9 heteroatoms. The Morgan fingerprint density at radius 1 is 1.02 bits per heavy atom. The highest BCUT2D eigenvalue weighted by Crippen LogP contribution is 2.38. The molecule has 2 aromatic rings. The smallest absolute Gasteiger partial charge is 0.226 e. The molecule has 0 saturated carbocycles. The molecular weight excluding hydrogens is 542 g/mol. The van der Waals surface area contributed by atoms with E-state index in [-0.39, 0.29) is 23.6 Å². The summed E-state index contributed by atoms with van der Waals surface area (Å²) in [6.45, 7) is 7.40. The maximum Gasteiger partial charge on any atom is 0.226 e. The fourth-order valence-electron chi connectivity index (χ4n) is 6.94. The predicted octanol–water partition coefficient (Wildman–Crippen LogP) is 4.36. The van der Waals surface area contributed by atoms with Gasteiger partial charge in [-0.2, -0.15) is 0 Å². The lowest BCUT2D eigenvalue weighted by Gasteiger charge is -2.41. The van der Waals surface area contributed by atoms with Crippen LogP contribution in [0.4, 0.5) is 0 Å². The first-order valence-electron chi connectivity index (χ1n) is 16.2. The number of nitrogens with one attached hydrogen (secondary N) is 1. The zero-order valence-corrected chi connectivity index (χ0v) is 25.9. The van der Waals surface area contributed by atoms with Gasteiger partial charge in [-0.25, -0.2) is 9.97 Å². The normalized spacial score (nSPS) is 21.4. The Labute approximate surface area is 255 Å². The number of aryl methyl sites for hydroxylation is 3. The van der Waals surface area contributed by atoms with Crippen molar-refractivity contribution in [2.75, 3.05) is 39.3 Å². The summed E-state index contributed by atoms with van der Waals surface area (Å²) in [4.78, 5) is 51.8. The van der Waals surface area contributed by atoms with E-state index >= 15 is 0 Å². The van der Waals surface area contributed by atoms with Crippen LogP contribution in [0.2, 0.25) is 0 Å². The number of nitrogens with zero attached hydrogens (tertiary/aromatic N) is 4. The molecule has 0 aliphatic carbocycles. The number of hydrogen-bond acceptors (Lipinski definition) is 6. The van der Waals surface area contributed by atoms with E-state index in [1.165, 1.54) is 5.56 Å². The van der Waals surface area contributed by atoms with E-state index in [9.17, 15) is 14.4 Å². The van der Waals surface area contributed by atoms with Gasteiger partial charge < -0.3 is 19.9 Å². The Balaban J connectivity index is 1.16. The highest BCUT2D eigenvalue weighted by molar-refractivity contribution is 5.83. The van der Waals surface area contributed by atoms with Crippen molar-refractivity contribution in [1.82, 2.24) is 25.1 Å². The Morgan fingerprint density at radius 2 is 1.84 bits per heavy atom. The van der Waals surface area contributed by atoms with Gasteiger partial charge in [-0.1, -0.05) is 24.6 Å². The molecule has 232 valence electrons. The Bertz CT molecular complexity index is 1290. The second-order valence-corrected chi connectivity index (χ2v) is 12.6. The van der Waals surface area contributed by atoms with Gasteiger partial charge >= 0.3 is 0 Å². The maximum atomic E-state index is 13.5. The molecule has 4 heterocycles. The second-order valence-electron chi connectivity index (χ2n) is 12.6. The van der Waals surface area contributed by atoms with Gasteiger partial charge in [0.2, 0.25) is 17.7 Å². The summed E-state index contributed by atoms with van der Waals surface area (Å²) in [7, 11) is 0. The number of aromatic nitrogens is 2. The highest BCUT2D eigenvalue weighted by Gasteiger charge is 2.41. The Morgan fingerprint density at radius 3 is 2.65 bits per heavy atom. The van der Waals surface area contributed by atoms with Crippen LogP contribution in [0.1, 0.15) is 93.4 Å². The molecule has 1 aromatic carbocycles. The highest BCUT2D eigenvalue weighted by atomic mass is 16.5. The fraction of sp³-hybridized carbons (Fsp3) is 0.618. The summed E-state index contributed by atoms with van der Waals surface area (Å²) in [6.07, 6.45) is 8.84. The minimum Gasteiger partial charge on any atom is -0.493 e. The quantitative estimate of drug-likeness (QED) is 0.568. The van der Waals surface area contributed by atoms with Crippen molar-refractivity contribution < 1.29 is 19.1 Å². The number of para-hydroxylation sites is 1. The Kier molecular flexibility index (Phi) is 10.3. The van der Waals surface area contributed by atoms with Crippen molar-refractivity contribution in [1.29, 1.82) is 0 Å². The van der Waals surface area contributed by atoms with Gasteiger partial charge in [0.1, 0.15) is 11.6 Å². The lowest BCUT2D eigenvalue weighted by Crippen LogP contribution is -2.50. The standard InChI is InChI=1S/C34H47N5O4/c1-25-36-29(23-30(37-25)28-11-7-19-39(24-28)26(2)40)13-14-32(41)38-20-16-34(17-21-38)15-6-5-10-27-9-3-4-12-31(27)43-22-8-18-35-33(34)42/h3-4,9,12,23,28H,5-8,10-11,13-22,24H2,1-2H3,(H,35,42). The molecule has 3 aliphatic heterocycles. The number of carbonyl (C=O) groups is 3. The summed E-state index contributed by atoms with van der Waals surface area (Å²) < 4.78 is 6.01. The molecule has 0 radical (unpaired) electrons. The summed E-state index contributed by atoms with van der Waals surface area (Å²) >= 11 is 0. The zero-order valence-electron chi connectivity index (χ0n) is 25.9. The molecule has 1 aromatic heterocycles. The van der Waals surface area contributed by atoms with Crippen LogP contribution in [0, 0.1) is 12.3 Å².